The topological polar surface area (TPSA) is 12.0 Å². The van der Waals surface area contributed by atoms with E-state index in [4.69, 9.17) is 0 Å². The molecule has 2 aromatic carbocycles. The van der Waals surface area contributed by atoms with Gasteiger partial charge in [0.1, 0.15) is 0 Å². The molecular weight excluding hydrogens is 298 g/mol. The van der Waals surface area contributed by atoms with Crippen LogP contribution in [0.3, 0.4) is 0 Å². The van der Waals surface area contributed by atoms with Crippen LogP contribution in [0.1, 0.15) is 49.5 Å². The zero-order valence-corrected chi connectivity index (χ0v) is 15.2. The second-order valence-corrected chi connectivity index (χ2v) is 7.12. The first kappa shape index (κ1) is 18.1. The van der Waals surface area contributed by atoms with Crippen molar-refractivity contribution < 1.29 is 0 Å². The molecule has 0 radical (unpaired) electrons. The van der Waals surface area contributed by atoms with Crippen LogP contribution >= 0.6 is 11.8 Å². The zero-order valence-electron chi connectivity index (χ0n) is 14.4. The zero-order chi connectivity index (χ0) is 16.3. The highest BCUT2D eigenvalue weighted by molar-refractivity contribution is 7.99. The third-order valence-electron chi connectivity index (χ3n) is 4.05. The van der Waals surface area contributed by atoms with Gasteiger partial charge in [0.2, 0.25) is 0 Å². The quantitative estimate of drug-likeness (QED) is 0.433. The van der Waals surface area contributed by atoms with Crippen LogP contribution in [0.2, 0.25) is 0 Å². The van der Waals surface area contributed by atoms with Crippen molar-refractivity contribution >= 4 is 11.8 Å². The first-order valence-corrected chi connectivity index (χ1v) is 9.73. The Morgan fingerprint density at radius 1 is 0.957 bits per heavy atom. The Morgan fingerprint density at radius 2 is 1.70 bits per heavy atom. The van der Waals surface area contributed by atoms with Crippen molar-refractivity contribution in [1.82, 2.24) is 5.32 Å². The Balaban J connectivity index is 2.13. The average Bonchev–Trinajstić information content (AvgIpc) is 2.61. The van der Waals surface area contributed by atoms with Gasteiger partial charge in [0, 0.05) is 10.1 Å². The lowest BCUT2D eigenvalue weighted by Gasteiger charge is -2.19. The highest BCUT2D eigenvalue weighted by atomic mass is 32.2. The summed E-state index contributed by atoms with van der Waals surface area (Å²) in [5, 5.41) is 3.98. The molecule has 2 rings (SSSR count). The minimum Gasteiger partial charge on any atom is -0.317 e. The second-order valence-electron chi connectivity index (χ2n) is 5.87. The number of benzene rings is 2. The van der Waals surface area contributed by atoms with E-state index in [2.05, 4.69) is 73.8 Å². The van der Waals surface area contributed by atoms with Crippen LogP contribution in [0.15, 0.2) is 59.5 Å². The number of unbranched alkanes of at least 4 members (excludes halogenated alkanes) is 1. The summed E-state index contributed by atoms with van der Waals surface area (Å²) in [7, 11) is 0. The summed E-state index contributed by atoms with van der Waals surface area (Å²) < 4.78 is 0. The van der Waals surface area contributed by atoms with Crippen LogP contribution in [0.25, 0.3) is 0 Å². The maximum absolute atomic E-state index is 3.47. The molecule has 0 heterocycles. The Labute approximate surface area is 145 Å². The molecule has 23 heavy (non-hydrogen) atoms. The van der Waals surface area contributed by atoms with Crippen LogP contribution in [0.5, 0.6) is 0 Å². The molecule has 0 saturated heterocycles. The number of rotatable bonds is 10. The maximum Gasteiger partial charge on any atom is 0.0356 e. The van der Waals surface area contributed by atoms with Crippen LogP contribution in [-0.4, -0.2) is 13.1 Å². The van der Waals surface area contributed by atoms with Gasteiger partial charge in [-0.05, 0) is 49.5 Å². The maximum atomic E-state index is 3.47. The number of nitrogens with one attached hydrogen (secondary N) is 1. The van der Waals surface area contributed by atoms with Crippen LogP contribution < -0.4 is 5.32 Å². The molecule has 0 unspecified atom stereocenters. The van der Waals surface area contributed by atoms with E-state index in [0.29, 0.717) is 5.25 Å². The molecular formula is C21H29NS. The van der Waals surface area contributed by atoms with Crippen LogP contribution in [-0.2, 0) is 6.42 Å². The molecule has 0 aliphatic heterocycles. The summed E-state index contributed by atoms with van der Waals surface area (Å²) in [4.78, 5) is 1.45. The number of aryl methyl sites for hydroxylation is 1. The average molecular weight is 328 g/mol. The van der Waals surface area contributed by atoms with Gasteiger partial charge in [-0.15, -0.1) is 11.8 Å². The molecule has 124 valence electrons. The van der Waals surface area contributed by atoms with Gasteiger partial charge in [0.05, 0.1) is 0 Å². The number of hydrogen-bond acceptors (Lipinski definition) is 2. The normalized spacial score (nSPS) is 12.3. The van der Waals surface area contributed by atoms with Gasteiger partial charge in [0.15, 0.2) is 0 Å². The van der Waals surface area contributed by atoms with Gasteiger partial charge in [-0.25, -0.2) is 0 Å². The fourth-order valence-electron chi connectivity index (χ4n) is 2.72. The highest BCUT2D eigenvalue weighted by Gasteiger charge is 2.14. The predicted molar refractivity (Wildman–Crippen MR) is 103 cm³/mol. The Morgan fingerprint density at radius 3 is 2.43 bits per heavy atom. The summed E-state index contributed by atoms with van der Waals surface area (Å²) in [6.45, 7) is 6.54. The largest absolute Gasteiger partial charge is 0.317 e. The smallest absolute Gasteiger partial charge is 0.0356 e. The lowest BCUT2D eigenvalue weighted by atomic mass is 10.1. The highest BCUT2D eigenvalue weighted by Crippen LogP contribution is 2.39. The Bertz CT molecular complexity index is 553. The van der Waals surface area contributed by atoms with Crippen molar-refractivity contribution in [3.8, 4) is 0 Å². The monoisotopic (exact) mass is 327 g/mol. The lowest BCUT2D eigenvalue weighted by Crippen LogP contribution is -2.16. The third-order valence-corrected chi connectivity index (χ3v) is 5.49. The fourth-order valence-corrected chi connectivity index (χ4v) is 4.03. The molecule has 0 saturated carbocycles. The van der Waals surface area contributed by atoms with E-state index in [1.807, 2.05) is 11.8 Å². The standard InChI is InChI=1S/C21H29NS/c1-3-5-11-18-14-9-10-15-20(18)23-21(16-17-22-4-2)19-12-7-6-8-13-19/h6-10,12-15,21-22H,3-5,11,16-17H2,1-2H3/t21-/m0/s1. The van der Waals surface area contributed by atoms with E-state index in [-0.39, 0.29) is 0 Å². The van der Waals surface area contributed by atoms with Crippen molar-refractivity contribution in [2.24, 2.45) is 0 Å². The molecule has 1 nitrogen and oxygen atoms in total. The van der Waals surface area contributed by atoms with Crippen molar-refractivity contribution in [3.05, 3.63) is 65.7 Å². The Hall–Kier alpha value is -1.25. The summed E-state index contributed by atoms with van der Waals surface area (Å²) in [6, 6.07) is 19.9. The van der Waals surface area contributed by atoms with Gasteiger partial charge in [-0.3, -0.25) is 0 Å². The number of hydrogen-bond donors (Lipinski definition) is 1. The lowest BCUT2D eigenvalue weighted by molar-refractivity contribution is 0.665. The summed E-state index contributed by atoms with van der Waals surface area (Å²) in [6.07, 6.45) is 4.87. The molecule has 0 aliphatic carbocycles. The molecule has 0 fully saturated rings. The van der Waals surface area contributed by atoms with E-state index < -0.39 is 0 Å². The Kier molecular flexibility index (Phi) is 8.27. The first-order valence-electron chi connectivity index (χ1n) is 8.85. The fraction of sp³-hybridized carbons (Fsp3) is 0.429. The second kappa shape index (κ2) is 10.5. The first-order chi connectivity index (χ1) is 11.3. The van der Waals surface area contributed by atoms with E-state index in [0.717, 1.165) is 19.5 Å². The molecule has 1 N–H and O–H groups in total. The van der Waals surface area contributed by atoms with E-state index >= 15 is 0 Å². The summed E-state index contributed by atoms with van der Waals surface area (Å²) in [5.74, 6) is 0. The van der Waals surface area contributed by atoms with Gasteiger partial charge < -0.3 is 5.32 Å². The van der Waals surface area contributed by atoms with Crippen LogP contribution in [0.4, 0.5) is 0 Å². The van der Waals surface area contributed by atoms with Gasteiger partial charge in [-0.1, -0.05) is 68.8 Å². The minimum atomic E-state index is 0.512. The van der Waals surface area contributed by atoms with Crippen molar-refractivity contribution in [2.75, 3.05) is 13.1 Å². The SMILES string of the molecule is CCCCc1ccccc1S[C@@H](CCNCC)c1ccccc1. The van der Waals surface area contributed by atoms with Gasteiger partial charge in [0.25, 0.3) is 0 Å². The number of thioether (sulfide) groups is 1. The van der Waals surface area contributed by atoms with Crippen molar-refractivity contribution in [2.45, 2.75) is 49.7 Å². The molecule has 0 aliphatic rings. The van der Waals surface area contributed by atoms with E-state index in [1.165, 1.54) is 35.3 Å². The molecule has 0 amide bonds. The molecule has 0 spiro atoms. The third kappa shape index (κ3) is 6.04. The predicted octanol–water partition coefficient (Wildman–Crippen LogP) is 5.86. The van der Waals surface area contributed by atoms with E-state index in [9.17, 15) is 0 Å². The summed E-state index contributed by atoms with van der Waals surface area (Å²) in [5.41, 5.74) is 2.93. The minimum absolute atomic E-state index is 0.512. The molecule has 2 heteroatoms. The summed E-state index contributed by atoms with van der Waals surface area (Å²) >= 11 is 2.03. The van der Waals surface area contributed by atoms with Gasteiger partial charge in [-0.2, -0.15) is 0 Å². The van der Waals surface area contributed by atoms with E-state index in [1.54, 1.807) is 0 Å². The molecule has 0 aromatic heterocycles. The molecule has 1 atom stereocenters. The molecule has 0 bridgehead atoms. The van der Waals surface area contributed by atoms with Crippen LogP contribution in [0, 0.1) is 0 Å². The van der Waals surface area contributed by atoms with Crippen molar-refractivity contribution in [3.63, 3.8) is 0 Å². The molecule has 2 aromatic rings. The van der Waals surface area contributed by atoms with Crippen molar-refractivity contribution in [1.29, 1.82) is 0 Å². The van der Waals surface area contributed by atoms with Gasteiger partial charge >= 0.3 is 0 Å².